The van der Waals surface area contributed by atoms with Crippen molar-refractivity contribution in [3.05, 3.63) is 23.3 Å². The molecule has 1 saturated carbocycles. The number of hydrogen-bond acceptors (Lipinski definition) is 2. The number of aryl methyl sites for hydroxylation is 1. The number of benzene rings is 1. The maximum atomic E-state index is 10.7. The molecule has 0 bridgehead atoms. The number of rotatable bonds is 3. The Bertz CT molecular complexity index is 592. The van der Waals surface area contributed by atoms with Crippen molar-refractivity contribution < 1.29 is 9.84 Å². The van der Waals surface area contributed by atoms with Gasteiger partial charge in [0.15, 0.2) is 0 Å². The average Bonchev–Trinajstić information content (AvgIpc) is 2.42. The summed E-state index contributed by atoms with van der Waals surface area (Å²) < 4.78 is 6.36. The fraction of sp³-hybridized carbons (Fsp3) is 0.700. The number of fused-ring (bicyclic) bond motifs is 3. The van der Waals surface area contributed by atoms with Gasteiger partial charge in [-0.05, 0) is 76.5 Å². The number of phenols is 1. The summed E-state index contributed by atoms with van der Waals surface area (Å²) in [5, 5.41) is 10.7. The van der Waals surface area contributed by atoms with Crippen LogP contribution in [-0.4, -0.2) is 15.6 Å². The van der Waals surface area contributed by atoms with Crippen LogP contribution in [0.5, 0.6) is 11.5 Å². The second-order valence-electron chi connectivity index (χ2n) is 8.20. The van der Waals surface area contributed by atoms with Gasteiger partial charge in [-0.2, -0.15) is 0 Å². The lowest BCUT2D eigenvalue weighted by Gasteiger charge is -2.50. The van der Waals surface area contributed by atoms with Crippen LogP contribution in [0.4, 0.5) is 0 Å². The molecule has 1 aromatic rings. The molecule has 2 aliphatic rings. The molecule has 128 valence electrons. The van der Waals surface area contributed by atoms with Gasteiger partial charge in [-0.1, -0.05) is 13.3 Å². The third-order valence-corrected chi connectivity index (χ3v) is 6.09. The molecule has 1 aromatic carbocycles. The van der Waals surface area contributed by atoms with Gasteiger partial charge in [-0.15, -0.1) is 11.6 Å². The number of hydrogen-bond donors (Lipinski definition) is 1. The molecule has 0 amide bonds. The Balaban J connectivity index is 2.03. The highest BCUT2D eigenvalue weighted by Crippen LogP contribution is 2.57. The number of ether oxygens (including phenoxy) is 1. The van der Waals surface area contributed by atoms with E-state index >= 15 is 0 Å². The van der Waals surface area contributed by atoms with Crippen LogP contribution in [0.3, 0.4) is 0 Å². The van der Waals surface area contributed by atoms with Gasteiger partial charge in [0.2, 0.25) is 0 Å². The first kappa shape index (κ1) is 17.0. The van der Waals surface area contributed by atoms with Crippen molar-refractivity contribution in [1.82, 2.24) is 0 Å². The van der Waals surface area contributed by atoms with Crippen LogP contribution in [0.2, 0.25) is 0 Å². The van der Waals surface area contributed by atoms with Gasteiger partial charge in [0.1, 0.15) is 17.1 Å². The number of unbranched alkanes of at least 4 members (excludes halogenated alkanes) is 1. The van der Waals surface area contributed by atoms with E-state index in [4.69, 9.17) is 16.3 Å². The largest absolute Gasteiger partial charge is 0.508 e. The molecule has 0 spiro atoms. The second kappa shape index (κ2) is 5.88. The predicted molar refractivity (Wildman–Crippen MR) is 95.8 cm³/mol. The summed E-state index contributed by atoms with van der Waals surface area (Å²) >= 11 is 6.68. The van der Waals surface area contributed by atoms with E-state index in [2.05, 4.69) is 33.8 Å². The van der Waals surface area contributed by atoms with Gasteiger partial charge >= 0.3 is 0 Å². The highest BCUT2D eigenvalue weighted by atomic mass is 35.5. The van der Waals surface area contributed by atoms with Crippen molar-refractivity contribution in [2.24, 2.45) is 5.92 Å². The Labute approximate surface area is 145 Å². The van der Waals surface area contributed by atoms with Crippen molar-refractivity contribution in [2.45, 2.75) is 82.6 Å². The Morgan fingerprint density at radius 2 is 2.04 bits per heavy atom. The zero-order valence-corrected chi connectivity index (χ0v) is 15.5. The Morgan fingerprint density at radius 1 is 1.30 bits per heavy atom. The summed E-state index contributed by atoms with van der Waals surface area (Å²) in [5.74, 6) is 1.96. The smallest absolute Gasteiger partial charge is 0.127 e. The highest BCUT2D eigenvalue weighted by molar-refractivity contribution is 6.23. The molecule has 1 N–H and O–H groups in total. The molecule has 3 heteroatoms. The molecule has 1 heterocycles. The standard InChI is InChI=1S/C20H29ClO2/c1-5-6-7-13-10-16(22)18-14-12-20(4,21)9-8-15(14)19(2,3)23-17(18)11-13/h10-11,14-15,22H,5-9,12H2,1-4H3/t14-,15?,20?/m1/s1. The van der Waals surface area contributed by atoms with E-state index in [9.17, 15) is 5.11 Å². The highest BCUT2D eigenvalue weighted by Gasteiger charge is 2.49. The number of alkyl halides is 1. The fourth-order valence-electron chi connectivity index (χ4n) is 4.50. The number of phenolic OH excluding ortho intramolecular Hbond substituents is 1. The van der Waals surface area contributed by atoms with Crippen LogP contribution in [0.1, 0.15) is 76.8 Å². The van der Waals surface area contributed by atoms with Gasteiger partial charge in [0.05, 0.1) is 0 Å². The molecule has 2 unspecified atom stereocenters. The van der Waals surface area contributed by atoms with Crippen molar-refractivity contribution >= 4 is 11.6 Å². The Hall–Kier alpha value is -0.890. The summed E-state index contributed by atoms with van der Waals surface area (Å²) in [6.45, 7) is 8.67. The number of aromatic hydroxyl groups is 1. The molecule has 0 saturated heterocycles. The van der Waals surface area contributed by atoms with Crippen molar-refractivity contribution in [2.75, 3.05) is 0 Å². The first-order chi connectivity index (χ1) is 10.7. The summed E-state index contributed by atoms with van der Waals surface area (Å²) in [6.07, 6.45) is 6.23. The zero-order chi connectivity index (χ0) is 16.8. The lowest BCUT2D eigenvalue weighted by molar-refractivity contribution is -0.0120. The van der Waals surface area contributed by atoms with Crippen molar-refractivity contribution in [3.8, 4) is 11.5 Å². The second-order valence-corrected chi connectivity index (χ2v) is 9.12. The van der Waals surface area contributed by atoms with Crippen LogP contribution in [0, 0.1) is 5.92 Å². The first-order valence-corrected chi connectivity index (χ1v) is 9.35. The molecule has 3 rings (SSSR count). The van der Waals surface area contributed by atoms with E-state index in [1.165, 1.54) is 5.56 Å². The summed E-state index contributed by atoms with van der Waals surface area (Å²) in [5.41, 5.74) is 1.95. The van der Waals surface area contributed by atoms with Crippen LogP contribution in [0.15, 0.2) is 12.1 Å². The molecule has 0 aromatic heterocycles. The van der Waals surface area contributed by atoms with Crippen LogP contribution < -0.4 is 4.74 Å². The minimum atomic E-state index is -0.207. The Kier molecular flexibility index (Phi) is 4.33. The predicted octanol–water partition coefficient (Wildman–Crippen LogP) is 5.79. The maximum absolute atomic E-state index is 10.7. The van der Waals surface area contributed by atoms with E-state index in [1.807, 2.05) is 6.07 Å². The van der Waals surface area contributed by atoms with E-state index < -0.39 is 0 Å². The molecule has 0 radical (unpaired) electrons. The van der Waals surface area contributed by atoms with Crippen LogP contribution >= 0.6 is 11.6 Å². The average molecular weight is 337 g/mol. The first-order valence-electron chi connectivity index (χ1n) is 8.97. The molecule has 1 aliphatic heterocycles. The SMILES string of the molecule is CCCCc1cc(O)c2c(c1)OC(C)(C)C1CCC(C)(Cl)C[C@@H]21. The Morgan fingerprint density at radius 3 is 2.74 bits per heavy atom. The van der Waals surface area contributed by atoms with Crippen molar-refractivity contribution in [1.29, 1.82) is 0 Å². The van der Waals surface area contributed by atoms with Crippen LogP contribution in [0.25, 0.3) is 0 Å². The van der Waals surface area contributed by atoms with Gasteiger partial charge in [0, 0.05) is 16.4 Å². The lowest BCUT2D eigenvalue weighted by Crippen LogP contribution is -2.48. The molecule has 1 aliphatic carbocycles. The van der Waals surface area contributed by atoms with Gasteiger partial charge < -0.3 is 9.84 Å². The van der Waals surface area contributed by atoms with Gasteiger partial charge in [0.25, 0.3) is 0 Å². The van der Waals surface area contributed by atoms with Gasteiger partial charge in [-0.3, -0.25) is 0 Å². The van der Waals surface area contributed by atoms with E-state index in [1.54, 1.807) is 0 Å². The molecular formula is C20H29ClO2. The van der Waals surface area contributed by atoms with E-state index in [0.717, 1.165) is 49.8 Å². The third-order valence-electron chi connectivity index (χ3n) is 5.74. The molecule has 23 heavy (non-hydrogen) atoms. The normalized spacial score (nSPS) is 31.9. The van der Waals surface area contributed by atoms with E-state index in [0.29, 0.717) is 11.7 Å². The van der Waals surface area contributed by atoms with Crippen molar-refractivity contribution in [3.63, 3.8) is 0 Å². The quantitative estimate of drug-likeness (QED) is 0.708. The lowest BCUT2D eigenvalue weighted by atomic mass is 9.64. The van der Waals surface area contributed by atoms with Crippen LogP contribution in [-0.2, 0) is 6.42 Å². The molecule has 1 fully saturated rings. The molecule has 2 nitrogen and oxygen atoms in total. The molecule has 3 atom stereocenters. The third kappa shape index (κ3) is 3.20. The minimum absolute atomic E-state index is 0.181. The maximum Gasteiger partial charge on any atom is 0.127 e. The zero-order valence-electron chi connectivity index (χ0n) is 14.8. The fourth-order valence-corrected chi connectivity index (χ4v) is 4.78. The van der Waals surface area contributed by atoms with Gasteiger partial charge in [-0.25, -0.2) is 0 Å². The van der Waals surface area contributed by atoms with E-state index in [-0.39, 0.29) is 16.4 Å². The summed E-state index contributed by atoms with van der Waals surface area (Å²) in [7, 11) is 0. The summed E-state index contributed by atoms with van der Waals surface area (Å²) in [4.78, 5) is -0.181. The topological polar surface area (TPSA) is 29.5 Å². The number of halogens is 1. The summed E-state index contributed by atoms with van der Waals surface area (Å²) in [6, 6.07) is 4.08. The molecular weight excluding hydrogens is 308 g/mol. The minimum Gasteiger partial charge on any atom is -0.508 e. The monoisotopic (exact) mass is 336 g/mol.